The fraction of sp³-hybridized carbons (Fsp3) is 0.714. The molecule has 0 aliphatic heterocycles. The highest BCUT2D eigenvalue weighted by Gasteiger charge is 2.18. The molecule has 10 heteroatoms. The summed E-state index contributed by atoms with van der Waals surface area (Å²) in [5, 5.41) is 0. The van der Waals surface area contributed by atoms with E-state index in [0.717, 1.165) is 83.5 Å². The van der Waals surface area contributed by atoms with Crippen LogP contribution in [-0.2, 0) is 33.3 Å². The second-order valence-corrected chi connectivity index (χ2v) is 15.1. The summed E-state index contributed by atoms with van der Waals surface area (Å²) in [6, 6.07) is 0. The van der Waals surface area contributed by atoms with Crippen molar-refractivity contribution in [1.29, 1.82) is 0 Å². The molecule has 59 heavy (non-hydrogen) atoms. The lowest BCUT2D eigenvalue weighted by Crippen LogP contribution is -2.23. The predicted molar refractivity (Wildman–Crippen MR) is 239 cm³/mol. The van der Waals surface area contributed by atoms with Crippen LogP contribution in [0.25, 0.3) is 0 Å². The Bertz CT molecular complexity index is 1220. The molecule has 0 radical (unpaired) electrons. The van der Waals surface area contributed by atoms with Gasteiger partial charge in [0.15, 0.2) is 6.29 Å². The van der Waals surface area contributed by atoms with Crippen LogP contribution in [0.15, 0.2) is 67.3 Å². The second kappa shape index (κ2) is 41.2. The molecule has 0 bridgehead atoms. The summed E-state index contributed by atoms with van der Waals surface area (Å²) >= 11 is 0. The molecule has 0 fully saturated rings. The van der Waals surface area contributed by atoms with Crippen LogP contribution < -0.4 is 0 Å². The molecule has 1 aromatic heterocycles. The van der Waals surface area contributed by atoms with Gasteiger partial charge in [0.1, 0.15) is 12.4 Å². The van der Waals surface area contributed by atoms with E-state index in [4.69, 9.17) is 23.7 Å². The maximum atomic E-state index is 12.7. The van der Waals surface area contributed by atoms with Gasteiger partial charge in [0.25, 0.3) is 0 Å². The Morgan fingerprint density at radius 1 is 0.559 bits per heavy atom. The molecule has 0 amide bonds. The Balaban J connectivity index is 2.35. The van der Waals surface area contributed by atoms with E-state index in [2.05, 4.69) is 74.4 Å². The molecular formula is C49H82N2O8. The Hall–Kier alpha value is -3.50. The zero-order valence-electron chi connectivity index (χ0n) is 37.4. The maximum Gasteiger partial charge on any atom is 0.419 e. The lowest BCUT2D eigenvalue weighted by atomic mass is 10.1. The van der Waals surface area contributed by atoms with Crippen molar-refractivity contribution in [3.05, 3.63) is 67.3 Å². The minimum atomic E-state index is -0.524. The molecule has 0 N–H and O–H groups in total. The van der Waals surface area contributed by atoms with Crippen LogP contribution in [0.3, 0.4) is 0 Å². The lowest BCUT2D eigenvalue weighted by molar-refractivity contribution is -0.159. The molecule has 336 valence electrons. The average molecular weight is 827 g/mol. The first kappa shape index (κ1) is 53.5. The summed E-state index contributed by atoms with van der Waals surface area (Å²) in [6.45, 7) is 8.16. The van der Waals surface area contributed by atoms with E-state index in [1.807, 2.05) is 0 Å². The molecule has 0 aliphatic rings. The summed E-state index contributed by atoms with van der Waals surface area (Å²) in [5.74, 6) is -0.494. The van der Waals surface area contributed by atoms with Gasteiger partial charge < -0.3 is 23.7 Å². The lowest BCUT2D eigenvalue weighted by Gasteiger charge is -2.19. The Morgan fingerprint density at radius 3 is 1.64 bits per heavy atom. The van der Waals surface area contributed by atoms with Crippen molar-refractivity contribution in [2.24, 2.45) is 0 Å². The number of ether oxygens (including phenoxy) is 5. The van der Waals surface area contributed by atoms with E-state index in [9.17, 15) is 14.4 Å². The molecule has 0 aliphatic carbocycles. The molecule has 1 rings (SSSR count). The molecule has 0 spiro atoms. The van der Waals surface area contributed by atoms with Gasteiger partial charge in [-0.2, -0.15) is 0 Å². The molecule has 1 unspecified atom stereocenters. The van der Waals surface area contributed by atoms with Gasteiger partial charge in [-0.1, -0.05) is 101 Å². The largest absolute Gasteiger partial charge is 0.466 e. The first-order chi connectivity index (χ1) is 29.0. The van der Waals surface area contributed by atoms with E-state index in [-0.39, 0.29) is 31.6 Å². The first-order valence-electron chi connectivity index (χ1n) is 23.3. The molecule has 1 aromatic rings. The summed E-state index contributed by atoms with van der Waals surface area (Å²) < 4.78 is 30.1. The quantitative estimate of drug-likeness (QED) is 0.0210. The third kappa shape index (κ3) is 35.0. The zero-order valence-corrected chi connectivity index (χ0v) is 37.4. The molecule has 1 atom stereocenters. The highest BCUT2D eigenvalue weighted by molar-refractivity contribution is 5.70. The van der Waals surface area contributed by atoms with Gasteiger partial charge in [0.05, 0.1) is 19.6 Å². The molecular weight excluding hydrogens is 745 g/mol. The number of carbonyl (C=O) groups excluding carboxylic acids is 3. The number of nitrogens with zero attached hydrogens (tertiary/aromatic N) is 2. The van der Waals surface area contributed by atoms with Crippen LogP contribution in [0, 0.1) is 0 Å². The van der Waals surface area contributed by atoms with E-state index in [1.54, 1.807) is 0 Å². The molecule has 1 heterocycles. The smallest absolute Gasteiger partial charge is 0.419 e. The number of rotatable bonds is 40. The third-order valence-electron chi connectivity index (χ3n) is 9.71. The van der Waals surface area contributed by atoms with Gasteiger partial charge in [-0.05, 0) is 116 Å². The molecule has 10 nitrogen and oxygen atoms in total. The zero-order chi connectivity index (χ0) is 42.7. The standard InChI is InChI=1S/C49H82N2O8/c1-4-7-10-13-16-17-18-19-20-21-22-23-24-25-28-35-46(52)55-42-31-33-45(59-49(54)51-39-38-50-44-51)34-32-43-56-47(53)36-37-48(57-40-29-26-14-11-8-5-2)58-41-30-27-15-12-9-6-3/h8-9,11-12,16-17,19-20,38-39,44-45,48H,4-7,10,13-15,18,21-37,40-43H2,1-3H3/b11-8-,12-9-,17-16-,20-19-. The average Bonchev–Trinajstić information content (AvgIpc) is 3.79. The van der Waals surface area contributed by atoms with E-state index in [0.29, 0.717) is 51.7 Å². The van der Waals surface area contributed by atoms with E-state index >= 15 is 0 Å². The minimum absolute atomic E-state index is 0.188. The summed E-state index contributed by atoms with van der Waals surface area (Å²) in [4.78, 5) is 41.6. The van der Waals surface area contributed by atoms with Crippen LogP contribution in [-0.4, -0.2) is 66.4 Å². The normalized spacial score (nSPS) is 12.5. The van der Waals surface area contributed by atoms with Crippen LogP contribution in [0.5, 0.6) is 0 Å². The van der Waals surface area contributed by atoms with Crippen molar-refractivity contribution < 1.29 is 38.1 Å². The topological polar surface area (TPSA) is 115 Å². The van der Waals surface area contributed by atoms with Crippen molar-refractivity contribution in [2.75, 3.05) is 26.4 Å². The third-order valence-corrected chi connectivity index (χ3v) is 9.71. The number of unbranched alkanes of at least 4 members (excludes halogenated alkanes) is 12. The van der Waals surface area contributed by atoms with Crippen molar-refractivity contribution in [1.82, 2.24) is 9.55 Å². The van der Waals surface area contributed by atoms with Gasteiger partial charge in [0.2, 0.25) is 0 Å². The minimum Gasteiger partial charge on any atom is -0.466 e. The van der Waals surface area contributed by atoms with Gasteiger partial charge in [0, 0.05) is 38.4 Å². The number of hydrogen-bond donors (Lipinski definition) is 0. The Morgan fingerprint density at radius 2 is 1.08 bits per heavy atom. The Labute approximate surface area is 358 Å². The molecule has 0 saturated heterocycles. The van der Waals surface area contributed by atoms with Gasteiger partial charge >= 0.3 is 18.0 Å². The van der Waals surface area contributed by atoms with Gasteiger partial charge in [-0.25, -0.2) is 14.3 Å². The first-order valence-corrected chi connectivity index (χ1v) is 23.3. The Kier molecular flexibility index (Phi) is 37.4. The highest BCUT2D eigenvalue weighted by atomic mass is 16.7. The van der Waals surface area contributed by atoms with Crippen molar-refractivity contribution >= 4 is 18.0 Å². The van der Waals surface area contributed by atoms with Crippen LogP contribution >= 0.6 is 0 Å². The predicted octanol–water partition coefficient (Wildman–Crippen LogP) is 13.1. The van der Waals surface area contributed by atoms with Gasteiger partial charge in [-0.3, -0.25) is 9.59 Å². The monoisotopic (exact) mass is 827 g/mol. The number of aromatic nitrogens is 2. The van der Waals surface area contributed by atoms with Crippen LogP contribution in [0.4, 0.5) is 4.79 Å². The van der Waals surface area contributed by atoms with Crippen LogP contribution in [0.1, 0.15) is 188 Å². The summed E-state index contributed by atoms with van der Waals surface area (Å²) in [6.07, 6.45) is 44.7. The number of imidazole rings is 1. The summed E-state index contributed by atoms with van der Waals surface area (Å²) in [7, 11) is 0. The maximum absolute atomic E-state index is 12.7. The van der Waals surface area contributed by atoms with E-state index < -0.39 is 18.5 Å². The number of carbonyl (C=O) groups is 3. The van der Waals surface area contributed by atoms with Gasteiger partial charge in [-0.15, -0.1) is 0 Å². The van der Waals surface area contributed by atoms with Crippen molar-refractivity contribution in [3.8, 4) is 0 Å². The molecule has 0 saturated carbocycles. The second-order valence-electron chi connectivity index (χ2n) is 15.1. The summed E-state index contributed by atoms with van der Waals surface area (Å²) in [5.41, 5.74) is 0. The number of allylic oxidation sites excluding steroid dienone is 8. The molecule has 0 aromatic carbocycles. The highest BCUT2D eigenvalue weighted by Crippen LogP contribution is 2.15. The van der Waals surface area contributed by atoms with Crippen LogP contribution in [0.2, 0.25) is 0 Å². The van der Waals surface area contributed by atoms with Crippen molar-refractivity contribution in [2.45, 2.75) is 200 Å². The fourth-order valence-corrected chi connectivity index (χ4v) is 6.23. The fourth-order valence-electron chi connectivity index (χ4n) is 6.23. The number of esters is 2. The SMILES string of the molecule is CC/C=C\CCCCOC(CCC(=O)OCCCC(CCCOC(=O)CCCCCCC/C=C\C/C=C\CCCCC)OC(=O)n1ccnc1)OCCCC/C=C\CC. The number of hydrogen-bond acceptors (Lipinski definition) is 9. The van der Waals surface area contributed by atoms with Crippen molar-refractivity contribution in [3.63, 3.8) is 0 Å². The van der Waals surface area contributed by atoms with E-state index in [1.165, 1.54) is 61.8 Å².